The average Bonchev–Trinajstić information content (AvgIpc) is 3.48. The van der Waals surface area contributed by atoms with Crippen LogP contribution in [0.3, 0.4) is 0 Å². The van der Waals surface area contributed by atoms with Gasteiger partial charge in [0.2, 0.25) is 0 Å². The van der Waals surface area contributed by atoms with Crippen molar-refractivity contribution < 1.29 is 20.8 Å². The molecule has 2 aliphatic rings. The number of aryl methyl sites for hydroxylation is 2. The third-order valence-electron chi connectivity index (χ3n) is 7.70. The molecule has 4 aromatic carbocycles. The Bertz CT molecular complexity index is 1360. The van der Waals surface area contributed by atoms with E-state index in [1.165, 1.54) is 44.5 Å². The van der Waals surface area contributed by atoms with E-state index >= 15 is 0 Å². The van der Waals surface area contributed by atoms with Crippen LogP contribution >= 0.6 is 17.0 Å². The summed E-state index contributed by atoms with van der Waals surface area (Å²) in [5.74, 6) is 0. The first-order chi connectivity index (χ1) is 18.0. The van der Waals surface area contributed by atoms with Crippen LogP contribution in [0.25, 0.3) is 12.2 Å². The van der Waals surface area contributed by atoms with Crippen LogP contribution < -0.4 is 0 Å². The van der Waals surface area contributed by atoms with E-state index in [2.05, 4.69) is 142 Å². The molecule has 0 aromatic heterocycles. The van der Waals surface area contributed by atoms with Crippen LogP contribution in [0.1, 0.15) is 50.9 Å². The molecule has 0 saturated heterocycles. The van der Waals surface area contributed by atoms with Crippen molar-refractivity contribution in [3.8, 4) is 0 Å². The second kappa shape index (κ2) is 11.3. The van der Waals surface area contributed by atoms with Gasteiger partial charge in [-0.2, -0.15) is 6.42 Å². The summed E-state index contributed by atoms with van der Waals surface area (Å²) in [5, 5.41) is 0. The topological polar surface area (TPSA) is 0 Å². The molecule has 0 bridgehead atoms. The molecule has 0 amide bonds. The Kier molecular flexibility index (Phi) is 8.06. The van der Waals surface area contributed by atoms with Crippen molar-refractivity contribution in [1.29, 1.82) is 0 Å². The molecule has 2 atom stereocenters. The Hall–Kier alpha value is -2.18. The first kappa shape index (κ1) is 26.4. The number of allylic oxidation sites excluding steroid dienone is 2. The zero-order valence-electron chi connectivity index (χ0n) is 21.1. The zero-order valence-corrected chi connectivity index (χ0v) is 25.1. The summed E-state index contributed by atoms with van der Waals surface area (Å²) in [5.41, 5.74) is 10.3. The van der Waals surface area contributed by atoms with Gasteiger partial charge in [0, 0.05) is 5.41 Å². The predicted molar refractivity (Wildman–Crippen MR) is 155 cm³/mol. The van der Waals surface area contributed by atoms with Gasteiger partial charge in [0.15, 0.2) is 0 Å². The van der Waals surface area contributed by atoms with E-state index in [-0.39, 0.29) is 10.8 Å². The molecular formula is C34H29Cl2Zr-. The molecule has 0 N–H and O–H groups in total. The van der Waals surface area contributed by atoms with Crippen molar-refractivity contribution in [2.75, 3.05) is 0 Å². The first-order valence-electron chi connectivity index (χ1n) is 12.5. The van der Waals surface area contributed by atoms with E-state index in [0.29, 0.717) is 0 Å². The van der Waals surface area contributed by atoms with Gasteiger partial charge < -0.3 is 6.42 Å². The van der Waals surface area contributed by atoms with Gasteiger partial charge in [0.25, 0.3) is 0 Å². The number of benzene rings is 4. The molecule has 0 saturated carbocycles. The quantitative estimate of drug-likeness (QED) is 0.200. The first-order valence-corrected chi connectivity index (χ1v) is 18.9. The van der Waals surface area contributed by atoms with Gasteiger partial charge in [-0.25, -0.2) is 0 Å². The van der Waals surface area contributed by atoms with E-state index in [1.807, 2.05) is 0 Å². The Labute approximate surface area is 239 Å². The van der Waals surface area contributed by atoms with Crippen molar-refractivity contribution in [2.45, 2.75) is 31.1 Å². The molecule has 0 nitrogen and oxygen atoms in total. The Morgan fingerprint density at radius 1 is 0.649 bits per heavy atom. The van der Waals surface area contributed by atoms with Crippen LogP contribution in [-0.4, -0.2) is 0 Å². The predicted octanol–water partition coefficient (Wildman–Crippen LogP) is 9.60. The van der Waals surface area contributed by atoms with Crippen molar-refractivity contribution in [2.24, 2.45) is 0 Å². The molecule has 0 spiro atoms. The molecule has 0 aliphatic heterocycles. The monoisotopic (exact) mass is 597 g/mol. The number of rotatable bonds is 5. The second-order valence-electron chi connectivity index (χ2n) is 9.90. The SMILES string of the molecule is Cc1cccc(C2([CH-]CC3(c4cccc(C)c4)C=Cc4ccccc43)C=Cc3ccccc32)c1.[Cl][Zr][Cl]. The molecule has 6 rings (SSSR count). The molecule has 37 heavy (non-hydrogen) atoms. The van der Waals surface area contributed by atoms with Gasteiger partial charge in [-0.3, -0.25) is 0 Å². The van der Waals surface area contributed by atoms with E-state index in [1.54, 1.807) is 0 Å². The molecule has 3 heteroatoms. The van der Waals surface area contributed by atoms with Gasteiger partial charge in [-0.1, -0.05) is 149 Å². The van der Waals surface area contributed by atoms with Gasteiger partial charge in [-0.15, -0.1) is 0 Å². The van der Waals surface area contributed by atoms with Gasteiger partial charge in [0.1, 0.15) is 0 Å². The summed E-state index contributed by atoms with van der Waals surface area (Å²) in [7, 11) is 9.87. The fourth-order valence-corrected chi connectivity index (χ4v) is 5.94. The molecule has 0 radical (unpaired) electrons. The fraction of sp³-hybridized carbons (Fsp3) is 0.147. The van der Waals surface area contributed by atoms with E-state index in [0.717, 1.165) is 6.42 Å². The van der Waals surface area contributed by atoms with Crippen LogP contribution in [0.5, 0.6) is 0 Å². The Morgan fingerprint density at radius 2 is 1.19 bits per heavy atom. The summed E-state index contributed by atoms with van der Waals surface area (Å²) < 4.78 is 0. The molecule has 184 valence electrons. The van der Waals surface area contributed by atoms with E-state index < -0.39 is 20.8 Å². The molecule has 2 aliphatic carbocycles. The fourth-order valence-electron chi connectivity index (χ4n) is 5.94. The normalized spacial score (nSPS) is 20.6. The maximum absolute atomic E-state index is 4.93. The number of hydrogen-bond acceptors (Lipinski definition) is 0. The van der Waals surface area contributed by atoms with Crippen molar-refractivity contribution in [3.05, 3.63) is 160 Å². The standard InChI is InChI=1S/C34H29.2ClH.Zr/c1-25-9-7-13-29(23-25)33(19-17-27-11-3-5-15-31(27)33)21-22-34(30-14-8-10-26(2)24-30)20-18-28-12-4-6-16-32(28)34;;;/h3-21,23-24H,22H2,1-2H3;2*1H;/q-1;;;+2/p-2. The molecule has 2 unspecified atom stereocenters. The third-order valence-corrected chi connectivity index (χ3v) is 7.70. The summed E-state index contributed by atoms with van der Waals surface area (Å²) in [6.45, 7) is 4.38. The molecule has 4 aromatic rings. The van der Waals surface area contributed by atoms with Crippen LogP contribution in [0.2, 0.25) is 0 Å². The van der Waals surface area contributed by atoms with E-state index in [4.69, 9.17) is 17.0 Å². The minimum absolute atomic E-state index is 0.176. The molecule has 0 heterocycles. The van der Waals surface area contributed by atoms with Gasteiger partial charge >= 0.3 is 37.9 Å². The summed E-state index contributed by atoms with van der Waals surface area (Å²) in [6.07, 6.45) is 12.9. The number of halogens is 2. The minimum atomic E-state index is -0.826. The van der Waals surface area contributed by atoms with Crippen molar-refractivity contribution >= 4 is 29.2 Å². The van der Waals surface area contributed by atoms with Crippen molar-refractivity contribution in [1.82, 2.24) is 0 Å². The maximum atomic E-state index is 4.93. The average molecular weight is 600 g/mol. The number of hydrogen-bond donors (Lipinski definition) is 0. The van der Waals surface area contributed by atoms with Crippen LogP contribution in [0.4, 0.5) is 0 Å². The third kappa shape index (κ3) is 4.99. The van der Waals surface area contributed by atoms with Crippen LogP contribution in [0.15, 0.2) is 109 Å². The van der Waals surface area contributed by atoms with Crippen LogP contribution in [-0.2, 0) is 31.7 Å². The second-order valence-corrected chi connectivity index (χ2v) is 13.6. The summed E-state index contributed by atoms with van der Waals surface area (Å²) in [4.78, 5) is 0. The number of fused-ring (bicyclic) bond motifs is 2. The molecule has 0 fully saturated rings. The summed E-state index contributed by atoms with van der Waals surface area (Å²) in [6, 6.07) is 35.8. The van der Waals surface area contributed by atoms with Gasteiger partial charge in [0.05, 0.1) is 0 Å². The Morgan fingerprint density at radius 3 is 1.86 bits per heavy atom. The van der Waals surface area contributed by atoms with Gasteiger partial charge in [-0.05, 0) is 36.1 Å². The van der Waals surface area contributed by atoms with Crippen LogP contribution in [0, 0.1) is 20.3 Å². The Balaban J connectivity index is 0.000000892. The zero-order chi connectivity index (χ0) is 25.9. The van der Waals surface area contributed by atoms with Crippen molar-refractivity contribution in [3.63, 3.8) is 0 Å². The summed E-state index contributed by atoms with van der Waals surface area (Å²) >= 11 is -0.826. The molecular weight excluding hydrogens is 571 g/mol. The van der Waals surface area contributed by atoms with E-state index in [9.17, 15) is 0 Å².